The number of carbonyl (C=O) groups is 1. The van der Waals surface area contributed by atoms with Gasteiger partial charge in [0.25, 0.3) is 5.91 Å². The second-order valence-electron chi connectivity index (χ2n) is 6.49. The van der Waals surface area contributed by atoms with Crippen LogP contribution < -0.4 is 5.32 Å². The van der Waals surface area contributed by atoms with Crippen molar-refractivity contribution in [2.75, 3.05) is 0 Å². The van der Waals surface area contributed by atoms with Crippen LogP contribution in [0.3, 0.4) is 0 Å². The Kier molecular flexibility index (Phi) is 3.75. The Labute approximate surface area is 143 Å². The summed E-state index contributed by atoms with van der Waals surface area (Å²) in [6.45, 7) is 1.63. The average Bonchev–Trinajstić information content (AvgIpc) is 3.33. The normalized spacial score (nSPS) is 14.0. The molecule has 0 atom stereocenters. The molecule has 2 aromatic carbocycles. The lowest BCUT2D eigenvalue weighted by Crippen LogP contribution is -2.24. The van der Waals surface area contributed by atoms with Gasteiger partial charge in [0.2, 0.25) is 0 Å². The number of hydrogen-bond acceptors (Lipinski definition) is 2. The molecule has 25 heavy (non-hydrogen) atoms. The van der Waals surface area contributed by atoms with E-state index in [2.05, 4.69) is 21.6 Å². The van der Waals surface area contributed by atoms with E-state index in [0.717, 1.165) is 41.4 Å². The maximum absolute atomic E-state index is 13.7. The van der Waals surface area contributed by atoms with E-state index in [1.807, 2.05) is 6.07 Å². The van der Waals surface area contributed by atoms with Crippen molar-refractivity contribution in [3.05, 3.63) is 64.4 Å². The summed E-state index contributed by atoms with van der Waals surface area (Å²) in [5, 5.41) is 10.7. The highest BCUT2D eigenvalue weighted by Crippen LogP contribution is 2.43. The predicted octanol–water partition coefficient (Wildman–Crippen LogP) is 3.96. The molecular weight excluding hydrogens is 324 g/mol. The van der Waals surface area contributed by atoms with Crippen LogP contribution in [0.4, 0.5) is 8.78 Å². The van der Waals surface area contributed by atoms with Crippen molar-refractivity contribution < 1.29 is 13.6 Å². The number of nitrogens with one attached hydrogen (secondary N) is 2. The van der Waals surface area contributed by atoms with Gasteiger partial charge in [0.15, 0.2) is 0 Å². The van der Waals surface area contributed by atoms with Crippen LogP contribution in [0.2, 0.25) is 0 Å². The Bertz CT molecular complexity index is 953. The minimum absolute atomic E-state index is 0.0204. The van der Waals surface area contributed by atoms with E-state index in [9.17, 15) is 13.6 Å². The predicted molar refractivity (Wildman–Crippen MR) is 90.3 cm³/mol. The Morgan fingerprint density at radius 1 is 1.28 bits per heavy atom. The van der Waals surface area contributed by atoms with Crippen LogP contribution >= 0.6 is 0 Å². The molecule has 6 heteroatoms. The van der Waals surface area contributed by atoms with Gasteiger partial charge in [-0.15, -0.1) is 0 Å². The Balaban J connectivity index is 1.61. The number of nitrogens with zero attached hydrogens (tertiary/aromatic N) is 1. The molecule has 0 spiro atoms. The highest BCUT2D eigenvalue weighted by Gasteiger charge is 2.27. The SMILES string of the molecule is Cc1c(F)cc(C(=O)NCc2c(C3CC3)ccc3[nH]ncc23)cc1F. The molecule has 0 bridgehead atoms. The first kappa shape index (κ1) is 15.7. The summed E-state index contributed by atoms with van der Waals surface area (Å²) in [6.07, 6.45) is 4.02. The lowest BCUT2D eigenvalue weighted by Gasteiger charge is -2.12. The number of halogens is 2. The van der Waals surface area contributed by atoms with Crippen LogP contribution in [-0.4, -0.2) is 16.1 Å². The van der Waals surface area contributed by atoms with Gasteiger partial charge >= 0.3 is 0 Å². The van der Waals surface area contributed by atoms with Gasteiger partial charge in [-0.05, 0) is 55.0 Å². The molecule has 1 heterocycles. The fourth-order valence-corrected chi connectivity index (χ4v) is 3.11. The van der Waals surface area contributed by atoms with Gasteiger partial charge in [0.05, 0.1) is 11.7 Å². The molecule has 128 valence electrons. The summed E-state index contributed by atoms with van der Waals surface area (Å²) < 4.78 is 27.4. The van der Waals surface area contributed by atoms with E-state index >= 15 is 0 Å². The second kappa shape index (κ2) is 5.95. The molecule has 0 unspecified atom stereocenters. The number of amides is 1. The zero-order chi connectivity index (χ0) is 17.6. The fraction of sp³-hybridized carbons (Fsp3) is 0.263. The Hall–Kier alpha value is -2.76. The molecule has 4 nitrogen and oxygen atoms in total. The maximum Gasteiger partial charge on any atom is 0.251 e. The first-order valence-electron chi connectivity index (χ1n) is 8.23. The number of rotatable bonds is 4. The largest absolute Gasteiger partial charge is 0.348 e. The van der Waals surface area contributed by atoms with Crippen LogP contribution in [-0.2, 0) is 6.54 Å². The topological polar surface area (TPSA) is 57.8 Å². The third kappa shape index (κ3) is 2.88. The molecule has 3 aromatic rings. The molecule has 1 aromatic heterocycles. The van der Waals surface area contributed by atoms with E-state index in [1.165, 1.54) is 12.5 Å². The summed E-state index contributed by atoms with van der Waals surface area (Å²) in [5.41, 5.74) is 3.01. The number of hydrogen-bond donors (Lipinski definition) is 2. The molecule has 1 aliphatic carbocycles. The Morgan fingerprint density at radius 2 is 2.00 bits per heavy atom. The van der Waals surface area contributed by atoms with Gasteiger partial charge in [-0.2, -0.15) is 5.10 Å². The van der Waals surface area contributed by atoms with E-state index in [1.54, 1.807) is 6.20 Å². The summed E-state index contributed by atoms with van der Waals surface area (Å²) >= 11 is 0. The van der Waals surface area contributed by atoms with E-state index in [4.69, 9.17) is 0 Å². The summed E-state index contributed by atoms with van der Waals surface area (Å²) in [6, 6.07) is 6.18. The van der Waals surface area contributed by atoms with Gasteiger partial charge in [0, 0.05) is 23.1 Å². The molecule has 1 amide bonds. The van der Waals surface area contributed by atoms with Gasteiger partial charge in [-0.1, -0.05) is 6.07 Å². The highest BCUT2D eigenvalue weighted by atomic mass is 19.1. The van der Waals surface area contributed by atoms with Crippen LogP contribution in [0.15, 0.2) is 30.5 Å². The summed E-state index contributed by atoms with van der Waals surface area (Å²) in [7, 11) is 0. The van der Waals surface area contributed by atoms with Crippen molar-refractivity contribution in [3.63, 3.8) is 0 Å². The molecule has 2 N–H and O–H groups in total. The average molecular weight is 341 g/mol. The Morgan fingerprint density at radius 3 is 2.68 bits per heavy atom. The van der Waals surface area contributed by atoms with Gasteiger partial charge in [-0.25, -0.2) is 8.78 Å². The van der Waals surface area contributed by atoms with Crippen molar-refractivity contribution in [2.24, 2.45) is 0 Å². The zero-order valence-corrected chi connectivity index (χ0v) is 13.7. The van der Waals surface area contributed by atoms with Crippen LogP contribution in [0.1, 0.15) is 45.8 Å². The fourth-order valence-electron chi connectivity index (χ4n) is 3.11. The molecule has 0 aliphatic heterocycles. The molecule has 0 radical (unpaired) electrons. The lowest BCUT2D eigenvalue weighted by molar-refractivity contribution is 0.0950. The first-order chi connectivity index (χ1) is 12.0. The lowest BCUT2D eigenvalue weighted by atomic mass is 9.99. The smallest absolute Gasteiger partial charge is 0.251 e. The summed E-state index contributed by atoms with van der Waals surface area (Å²) in [4.78, 5) is 12.3. The highest BCUT2D eigenvalue weighted by molar-refractivity contribution is 5.94. The number of aromatic nitrogens is 2. The molecule has 1 saturated carbocycles. The van der Waals surface area contributed by atoms with Crippen LogP contribution in [0.25, 0.3) is 10.9 Å². The minimum atomic E-state index is -0.722. The number of H-pyrrole nitrogens is 1. The van der Waals surface area contributed by atoms with E-state index < -0.39 is 17.5 Å². The molecule has 1 aliphatic rings. The van der Waals surface area contributed by atoms with Crippen molar-refractivity contribution in [1.29, 1.82) is 0 Å². The van der Waals surface area contributed by atoms with Gasteiger partial charge in [0.1, 0.15) is 11.6 Å². The summed E-state index contributed by atoms with van der Waals surface area (Å²) in [5.74, 6) is -1.43. The first-order valence-corrected chi connectivity index (χ1v) is 8.23. The minimum Gasteiger partial charge on any atom is -0.348 e. The monoisotopic (exact) mass is 341 g/mol. The van der Waals surface area contributed by atoms with Crippen LogP contribution in [0.5, 0.6) is 0 Å². The zero-order valence-electron chi connectivity index (χ0n) is 13.7. The number of aromatic amines is 1. The third-order valence-electron chi connectivity index (χ3n) is 4.76. The van der Waals surface area contributed by atoms with Crippen molar-refractivity contribution in [3.8, 4) is 0 Å². The standard InChI is InChI=1S/C19H17F2N3O/c1-10-16(20)6-12(7-17(10)21)19(25)22-8-14-13(11-2-3-11)4-5-18-15(14)9-23-24-18/h4-7,9,11H,2-3,8H2,1H3,(H,22,25)(H,23,24). The van der Waals surface area contributed by atoms with Crippen LogP contribution in [0, 0.1) is 18.6 Å². The van der Waals surface area contributed by atoms with E-state index in [0.29, 0.717) is 12.5 Å². The molecule has 4 rings (SSSR count). The number of fused-ring (bicyclic) bond motifs is 1. The van der Waals surface area contributed by atoms with Crippen molar-refractivity contribution in [2.45, 2.75) is 32.2 Å². The molecule has 0 saturated heterocycles. The second-order valence-corrected chi connectivity index (χ2v) is 6.49. The van der Waals surface area contributed by atoms with Gasteiger partial charge < -0.3 is 5.32 Å². The third-order valence-corrected chi connectivity index (χ3v) is 4.76. The van der Waals surface area contributed by atoms with E-state index in [-0.39, 0.29) is 11.1 Å². The quantitative estimate of drug-likeness (QED) is 0.755. The molecular formula is C19H17F2N3O. The molecule has 1 fully saturated rings. The van der Waals surface area contributed by atoms with Gasteiger partial charge in [-0.3, -0.25) is 9.89 Å². The van der Waals surface area contributed by atoms with Crippen molar-refractivity contribution in [1.82, 2.24) is 15.5 Å². The number of benzene rings is 2. The van der Waals surface area contributed by atoms with Crippen molar-refractivity contribution >= 4 is 16.8 Å². The maximum atomic E-state index is 13.7. The number of carbonyl (C=O) groups excluding carboxylic acids is 1.